The third kappa shape index (κ3) is 2.36. The van der Waals surface area contributed by atoms with E-state index in [1.807, 2.05) is 6.07 Å². The molecule has 0 aliphatic rings. The number of rotatable bonds is 2. The van der Waals surface area contributed by atoms with E-state index in [0.717, 1.165) is 4.47 Å². The summed E-state index contributed by atoms with van der Waals surface area (Å²) >= 11 is 4.61. The quantitative estimate of drug-likeness (QED) is 0.768. The molecule has 0 bridgehead atoms. The van der Waals surface area contributed by atoms with Crippen LogP contribution in [0.3, 0.4) is 0 Å². The SMILES string of the molecule is Nc1nnc(Cn2cnc3ccc(Br)cc3c2=O)s1. The molecule has 6 nitrogen and oxygen atoms in total. The summed E-state index contributed by atoms with van der Waals surface area (Å²) in [6.45, 7) is 0.323. The average Bonchev–Trinajstić information content (AvgIpc) is 2.79. The normalized spacial score (nSPS) is 11.0. The molecule has 96 valence electrons. The first-order chi connectivity index (χ1) is 9.13. The first-order valence-electron chi connectivity index (χ1n) is 5.36. The van der Waals surface area contributed by atoms with Crippen molar-refractivity contribution in [3.05, 3.63) is 44.4 Å². The van der Waals surface area contributed by atoms with E-state index in [4.69, 9.17) is 5.73 Å². The van der Waals surface area contributed by atoms with E-state index in [-0.39, 0.29) is 5.56 Å². The molecule has 1 aromatic carbocycles. The Kier molecular flexibility index (Phi) is 3.03. The zero-order valence-electron chi connectivity index (χ0n) is 9.58. The van der Waals surface area contributed by atoms with Crippen LogP contribution in [0.5, 0.6) is 0 Å². The zero-order valence-corrected chi connectivity index (χ0v) is 12.0. The lowest BCUT2D eigenvalue weighted by Gasteiger charge is -2.04. The highest BCUT2D eigenvalue weighted by Gasteiger charge is 2.07. The molecule has 0 saturated heterocycles. The van der Waals surface area contributed by atoms with Crippen molar-refractivity contribution in [2.24, 2.45) is 0 Å². The number of fused-ring (bicyclic) bond motifs is 1. The molecule has 3 rings (SSSR count). The Balaban J connectivity index is 2.09. The average molecular weight is 338 g/mol. The molecule has 0 atom stereocenters. The Hall–Kier alpha value is -1.80. The van der Waals surface area contributed by atoms with Crippen LogP contribution >= 0.6 is 27.3 Å². The molecule has 0 fully saturated rings. The number of hydrogen-bond donors (Lipinski definition) is 1. The number of nitrogen functional groups attached to an aromatic ring is 1. The standard InChI is InChI=1S/C11H8BrN5OS/c12-6-1-2-8-7(3-6)10(18)17(5-14-8)4-9-15-16-11(13)19-9/h1-3,5H,4H2,(H2,13,16). The van der Waals surface area contributed by atoms with Gasteiger partial charge in [-0.3, -0.25) is 9.36 Å². The maximum atomic E-state index is 12.3. The molecule has 8 heteroatoms. The summed E-state index contributed by atoms with van der Waals surface area (Å²) in [5.74, 6) is 0. The van der Waals surface area contributed by atoms with E-state index in [9.17, 15) is 4.79 Å². The number of halogens is 1. The highest BCUT2D eigenvalue weighted by atomic mass is 79.9. The molecule has 0 spiro atoms. The fourth-order valence-electron chi connectivity index (χ4n) is 1.72. The van der Waals surface area contributed by atoms with Crippen LogP contribution in [0.4, 0.5) is 5.13 Å². The summed E-state index contributed by atoms with van der Waals surface area (Å²) in [6, 6.07) is 5.41. The molecule has 19 heavy (non-hydrogen) atoms. The molecule has 0 radical (unpaired) electrons. The van der Waals surface area contributed by atoms with Gasteiger partial charge in [-0.2, -0.15) is 0 Å². The van der Waals surface area contributed by atoms with Gasteiger partial charge in [0.15, 0.2) is 0 Å². The van der Waals surface area contributed by atoms with Crippen LogP contribution in [0.1, 0.15) is 5.01 Å². The molecule has 0 aliphatic carbocycles. The maximum absolute atomic E-state index is 12.3. The van der Waals surface area contributed by atoms with E-state index >= 15 is 0 Å². The summed E-state index contributed by atoms with van der Waals surface area (Å²) < 4.78 is 2.34. The monoisotopic (exact) mass is 337 g/mol. The van der Waals surface area contributed by atoms with Gasteiger partial charge in [0.1, 0.15) is 5.01 Å². The third-order valence-electron chi connectivity index (χ3n) is 2.57. The fraction of sp³-hybridized carbons (Fsp3) is 0.0909. The molecule has 0 unspecified atom stereocenters. The van der Waals surface area contributed by atoms with Gasteiger partial charge in [-0.15, -0.1) is 10.2 Å². The van der Waals surface area contributed by atoms with Gasteiger partial charge in [-0.25, -0.2) is 4.98 Å². The van der Waals surface area contributed by atoms with Crippen LogP contribution in [0, 0.1) is 0 Å². The largest absolute Gasteiger partial charge is 0.374 e. The van der Waals surface area contributed by atoms with Gasteiger partial charge in [-0.05, 0) is 18.2 Å². The second-order valence-corrected chi connectivity index (χ2v) is 5.88. The van der Waals surface area contributed by atoms with Gasteiger partial charge in [0.2, 0.25) is 5.13 Å². The van der Waals surface area contributed by atoms with E-state index in [0.29, 0.717) is 27.6 Å². The van der Waals surface area contributed by atoms with E-state index in [2.05, 4.69) is 31.1 Å². The smallest absolute Gasteiger partial charge is 0.261 e. The number of nitrogens with two attached hydrogens (primary N) is 1. The second kappa shape index (κ2) is 4.71. The number of anilines is 1. The van der Waals surface area contributed by atoms with Crippen molar-refractivity contribution >= 4 is 43.3 Å². The molecule has 0 saturated carbocycles. The van der Waals surface area contributed by atoms with Gasteiger partial charge in [0.25, 0.3) is 5.56 Å². The van der Waals surface area contributed by atoms with Gasteiger partial charge in [0.05, 0.1) is 23.8 Å². The van der Waals surface area contributed by atoms with Crippen LogP contribution in [-0.4, -0.2) is 19.7 Å². The number of aromatic nitrogens is 4. The predicted molar refractivity (Wildman–Crippen MR) is 77.1 cm³/mol. The van der Waals surface area contributed by atoms with Crippen molar-refractivity contribution < 1.29 is 0 Å². The summed E-state index contributed by atoms with van der Waals surface area (Å²) in [5, 5.41) is 9.25. The molecular formula is C11H8BrN5OS. The predicted octanol–water partition coefficient (Wildman–Crippen LogP) is 1.64. The summed E-state index contributed by atoms with van der Waals surface area (Å²) in [6.07, 6.45) is 1.51. The molecule has 0 aliphatic heterocycles. The van der Waals surface area contributed by atoms with Crippen LogP contribution in [0.25, 0.3) is 10.9 Å². The summed E-state index contributed by atoms with van der Waals surface area (Å²) in [4.78, 5) is 16.6. The lowest BCUT2D eigenvalue weighted by Crippen LogP contribution is -2.21. The van der Waals surface area contributed by atoms with Crippen LogP contribution in [-0.2, 0) is 6.54 Å². The highest BCUT2D eigenvalue weighted by molar-refractivity contribution is 9.10. The first kappa shape index (κ1) is 12.2. The fourth-order valence-corrected chi connectivity index (χ4v) is 2.69. The van der Waals surface area contributed by atoms with Crippen LogP contribution < -0.4 is 11.3 Å². The maximum Gasteiger partial charge on any atom is 0.261 e. The number of benzene rings is 1. The van der Waals surface area contributed by atoms with Gasteiger partial charge >= 0.3 is 0 Å². The Morgan fingerprint density at radius 3 is 2.95 bits per heavy atom. The molecule has 3 aromatic rings. The number of nitrogens with zero attached hydrogens (tertiary/aromatic N) is 4. The van der Waals surface area contributed by atoms with Crippen molar-refractivity contribution in [3.8, 4) is 0 Å². The highest BCUT2D eigenvalue weighted by Crippen LogP contribution is 2.16. The van der Waals surface area contributed by atoms with Crippen LogP contribution in [0.2, 0.25) is 0 Å². The van der Waals surface area contributed by atoms with E-state index in [1.165, 1.54) is 22.2 Å². The zero-order chi connectivity index (χ0) is 13.4. The summed E-state index contributed by atoms with van der Waals surface area (Å²) in [5.41, 5.74) is 6.07. The van der Waals surface area contributed by atoms with E-state index < -0.39 is 0 Å². The van der Waals surface area contributed by atoms with Crippen molar-refractivity contribution in [3.63, 3.8) is 0 Å². The van der Waals surface area contributed by atoms with Gasteiger partial charge < -0.3 is 5.73 Å². The lowest BCUT2D eigenvalue weighted by molar-refractivity contribution is 0.734. The van der Waals surface area contributed by atoms with Crippen molar-refractivity contribution in [2.45, 2.75) is 6.54 Å². The molecule has 0 amide bonds. The summed E-state index contributed by atoms with van der Waals surface area (Å²) in [7, 11) is 0. The molecule has 2 heterocycles. The van der Waals surface area contributed by atoms with Gasteiger partial charge in [0, 0.05) is 4.47 Å². The lowest BCUT2D eigenvalue weighted by atomic mass is 10.2. The minimum absolute atomic E-state index is 0.111. The molecule has 2 N–H and O–H groups in total. The van der Waals surface area contributed by atoms with Crippen LogP contribution in [0.15, 0.2) is 33.8 Å². The van der Waals surface area contributed by atoms with E-state index in [1.54, 1.807) is 12.1 Å². The Morgan fingerprint density at radius 2 is 2.21 bits per heavy atom. The number of hydrogen-bond acceptors (Lipinski definition) is 6. The van der Waals surface area contributed by atoms with Crippen molar-refractivity contribution in [2.75, 3.05) is 5.73 Å². The minimum atomic E-state index is -0.111. The van der Waals surface area contributed by atoms with Crippen molar-refractivity contribution in [1.29, 1.82) is 0 Å². The Morgan fingerprint density at radius 1 is 1.37 bits per heavy atom. The Labute approximate surface area is 120 Å². The van der Waals surface area contributed by atoms with Crippen molar-refractivity contribution in [1.82, 2.24) is 19.7 Å². The molecular weight excluding hydrogens is 330 g/mol. The van der Waals surface area contributed by atoms with Gasteiger partial charge in [-0.1, -0.05) is 27.3 Å². The Bertz CT molecular complexity index is 812. The first-order valence-corrected chi connectivity index (χ1v) is 6.97. The molecule has 2 aromatic heterocycles. The third-order valence-corrected chi connectivity index (χ3v) is 3.80. The topological polar surface area (TPSA) is 86.7 Å². The minimum Gasteiger partial charge on any atom is -0.374 e. The second-order valence-electron chi connectivity index (χ2n) is 3.87.